The van der Waals surface area contributed by atoms with Gasteiger partial charge in [-0.25, -0.2) is 4.79 Å². The number of carboxylic acid groups (broad SMARTS) is 1. The Morgan fingerprint density at radius 1 is 1.26 bits per heavy atom. The zero-order valence-electron chi connectivity index (χ0n) is 17.8. The van der Waals surface area contributed by atoms with Crippen LogP contribution in [0.5, 0.6) is 0 Å². The fourth-order valence-corrected chi connectivity index (χ4v) is 4.54. The van der Waals surface area contributed by atoms with Crippen LogP contribution in [-0.2, 0) is 17.8 Å². The second-order valence-corrected chi connectivity index (χ2v) is 8.52. The number of hydrogen-bond acceptors (Lipinski definition) is 7. The molecule has 1 saturated heterocycles. The van der Waals surface area contributed by atoms with E-state index in [-0.39, 0.29) is 10.2 Å². The molecule has 0 unspecified atom stereocenters. The molecule has 8 nitrogen and oxygen atoms in total. The molecular weight excluding hydrogens is 414 g/mol. The van der Waals surface area contributed by atoms with E-state index in [1.807, 2.05) is 12.1 Å². The smallest absolute Gasteiger partial charge is 0.349 e. The Balaban J connectivity index is 1.71. The number of anilines is 1. The molecule has 2 aromatic rings. The fourth-order valence-electron chi connectivity index (χ4n) is 3.45. The summed E-state index contributed by atoms with van der Waals surface area (Å²) in [5.41, 5.74) is 1.36. The second kappa shape index (κ2) is 10.4. The maximum Gasteiger partial charge on any atom is 0.349 e. The zero-order valence-corrected chi connectivity index (χ0v) is 18.6. The first-order chi connectivity index (χ1) is 14.9. The highest BCUT2D eigenvalue weighted by atomic mass is 32.1. The van der Waals surface area contributed by atoms with Crippen LogP contribution in [0.3, 0.4) is 0 Å². The number of nitrogens with zero attached hydrogens (tertiary/aromatic N) is 4. The van der Waals surface area contributed by atoms with Gasteiger partial charge in [-0.15, -0.1) is 11.3 Å². The first kappa shape index (κ1) is 22.7. The lowest BCUT2D eigenvalue weighted by Gasteiger charge is -2.32. The number of carbonyl (C=O) groups is 1. The number of aromatic nitrogens is 1. The van der Waals surface area contributed by atoms with E-state index in [1.165, 1.54) is 10.1 Å². The highest BCUT2D eigenvalue weighted by Crippen LogP contribution is 2.11. The van der Waals surface area contributed by atoms with Crippen molar-refractivity contribution in [2.75, 3.05) is 45.1 Å². The number of nitriles is 1. The van der Waals surface area contributed by atoms with Crippen LogP contribution in [0.25, 0.3) is 11.8 Å². The third-order valence-electron chi connectivity index (χ3n) is 5.40. The molecule has 2 heterocycles. The van der Waals surface area contributed by atoms with Gasteiger partial charge in [0.05, 0.1) is 0 Å². The first-order valence-electron chi connectivity index (χ1n) is 10.3. The summed E-state index contributed by atoms with van der Waals surface area (Å²) in [4.78, 5) is 28.7. The molecule has 31 heavy (non-hydrogen) atoms. The standard InChI is InChI=1S/C22H27N5O3S/c1-3-27-20(28)19(31-21(27)18(14-23)22(29)30)15-24-17-6-4-16(5-7-17)8-9-26-12-10-25(2)11-13-26/h4-7,15,24H,3,8-13H2,1-2H3,(H,29,30). The topological polar surface area (TPSA) is 102 Å². The summed E-state index contributed by atoms with van der Waals surface area (Å²) >= 11 is 1.00. The average Bonchev–Trinajstić information content (AvgIpc) is 3.08. The molecule has 0 saturated carbocycles. The quantitative estimate of drug-likeness (QED) is 0.638. The van der Waals surface area contributed by atoms with E-state index in [1.54, 1.807) is 19.2 Å². The molecule has 1 aliphatic heterocycles. The molecule has 164 valence electrons. The van der Waals surface area contributed by atoms with Gasteiger partial charge in [-0.1, -0.05) is 12.1 Å². The lowest BCUT2D eigenvalue weighted by atomic mass is 10.1. The van der Waals surface area contributed by atoms with E-state index in [0.717, 1.165) is 56.2 Å². The van der Waals surface area contributed by atoms with Gasteiger partial charge >= 0.3 is 5.97 Å². The van der Waals surface area contributed by atoms with Crippen LogP contribution in [0.4, 0.5) is 5.69 Å². The Morgan fingerprint density at radius 3 is 2.52 bits per heavy atom. The molecule has 1 aromatic carbocycles. The molecule has 1 fully saturated rings. The summed E-state index contributed by atoms with van der Waals surface area (Å²) < 4.78 is 1.83. The van der Waals surface area contributed by atoms with Gasteiger partial charge in [-0.3, -0.25) is 9.36 Å². The normalized spacial score (nSPS) is 16.7. The highest BCUT2D eigenvalue weighted by Gasteiger charge is 2.14. The van der Waals surface area contributed by atoms with Crippen molar-refractivity contribution >= 4 is 34.8 Å². The molecule has 2 N–H and O–H groups in total. The van der Waals surface area contributed by atoms with E-state index in [2.05, 4.69) is 34.3 Å². The number of aliphatic carboxylic acids is 1. The molecular formula is C22H27N5O3S. The first-order valence-corrected chi connectivity index (χ1v) is 11.1. The Morgan fingerprint density at radius 2 is 1.94 bits per heavy atom. The van der Waals surface area contributed by atoms with Gasteiger partial charge < -0.3 is 20.2 Å². The van der Waals surface area contributed by atoms with E-state index < -0.39 is 11.5 Å². The number of nitrogens with one attached hydrogen (secondary N) is 1. The number of rotatable bonds is 7. The largest absolute Gasteiger partial charge is 0.477 e. The van der Waals surface area contributed by atoms with E-state index in [4.69, 9.17) is 5.26 Å². The number of carboxylic acids is 1. The molecule has 0 bridgehead atoms. The molecule has 9 heteroatoms. The number of hydrogen-bond donors (Lipinski definition) is 2. The van der Waals surface area contributed by atoms with Crippen LogP contribution >= 0.6 is 11.3 Å². The van der Waals surface area contributed by atoms with Gasteiger partial charge in [0.25, 0.3) is 5.56 Å². The van der Waals surface area contributed by atoms with Crippen LogP contribution in [0, 0.1) is 11.3 Å². The summed E-state index contributed by atoms with van der Waals surface area (Å²) in [5, 5.41) is 21.5. The SMILES string of the molecule is CCn1c(=C(C#N)C(=O)O)sc(=CNc2ccc(CCN3CCN(C)CC3)cc2)c1=O. The van der Waals surface area contributed by atoms with Gasteiger partial charge in [0.15, 0.2) is 5.57 Å². The van der Waals surface area contributed by atoms with Crippen molar-refractivity contribution in [2.45, 2.75) is 19.9 Å². The van der Waals surface area contributed by atoms with Crippen LogP contribution in [0.15, 0.2) is 29.1 Å². The molecule has 0 radical (unpaired) electrons. The maximum atomic E-state index is 12.6. The monoisotopic (exact) mass is 441 g/mol. The van der Waals surface area contributed by atoms with E-state index in [0.29, 0.717) is 11.1 Å². The Hall–Kier alpha value is -2.93. The summed E-state index contributed by atoms with van der Waals surface area (Å²) in [6, 6.07) is 9.75. The van der Waals surface area contributed by atoms with Gasteiger partial charge in [0, 0.05) is 51.2 Å². The average molecular weight is 442 g/mol. The van der Waals surface area contributed by atoms with Gasteiger partial charge in [0.2, 0.25) is 0 Å². The Bertz CT molecular complexity index is 1140. The van der Waals surface area contributed by atoms with E-state index in [9.17, 15) is 14.7 Å². The van der Waals surface area contributed by atoms with Crippen LogP contribution in [0.1, 0.15) is 12.5 Å². The van der Waals surface area contributed by atoms with Crippen molar-refractivity contribution in [3.05, 3.63) is 49.4 Å². The van der Waals surface area contributed by atoms with Crippen molar-refractivity contribution in [1.82, 2.24) is 14.4 Å². The molecule has 0 spiro atoms. The van der Waals surface area contributed by atoms with Crippen LogP contribution < -0.4 is 20.1 Å². The summed E-state index contributed by atoms with van der Waals surface area (Å²) in [5.74, 6) is -1.34. The molecule has 3 rings (SSSR count). The summed E-state index contributed by atoms with van der Waals surface area (Å²) in [7, 11) is 2.15. The Labute approximate surface area is 184 Å². The number of thiazole rings is 1. The van der Waals surface area contributed by atoms with Crippen molar-refractivity contribution in [2.24, 2.45) is 0 Å². The van der Waals surface area contributed by atoms with Gasteiger partial charge in [0.1, 0.15) is 15.3 Å². The second-order valence-electron chi connectivity index (χ2n) is 7.49. The predicted molar refractivity (Wildman–Crippen MR) is 122 cm³/mol. The highest BCUT2D eigenvalue weighted by molar-refractivity contribution is 7.07. The Kier molecular flexibility index (Phi) is 7.63. The van der Waals surface area contributed by atoms with Crippen LogP contribution in [0.2, 0.25) is 0 Å². The van der Waals surface area contributed by atoms with E-state index >= 15 is 0 Å². The third-order valence-corrected chi connectivity index (χ3v) is 6.53. The number of likely N-dealkylation sites (N-methyl/N-ethyl adjacent to an activating group) is 1. The number of benzene rings is 1. The maximum absolute atomic E-state index is 12.6. The van der Waals surface area contributed by atoms with Crippen molar-refractivity contribution in [3.63, 3.8) is 0 Å². The third kappa shape index (κ3) is 5.61. The summed E-state index contributed by atoms with van der Waals surface area (Å²) in [6.07, 6.45) is 2.56. The van der Waals surface area contributed by atoms with Crippen LogP contribution in [-0.4, -0.2) is 65.2 Å². The van der Waals surface area contributed by atoms with Crippen molar-refractivity contribution in [1.29, 1.82) is 5.26 Å². The molecule has 0 atom stereocenters. The molecule has 1 aromatic heterocycles. The van der Waals surface area contributed by atoms with Gasteiger partial charge in [-0.05, 0) is 38.1 Å². The lowest BCUT2D eigenvalue weighted by molar-refractivity contribution is -0.130. The number of piperazine rings is 1. The lowest BCUT2D eigenvalue weighted by Crippen LogP contribution is -2.45. The predicted octanol–water partition coefficient (Wildman–Crippen LogP) is 0.329. The zero-order chi connectivity index (χ0) is 22.4. The van der Waals surface area contributed by atoms with Crippen molar-refractivity contribution in [3.8, 4) is 6.07 Å². The summed E-state index contributed by atoms with van der Waals surface area (Å²) in [6.45, 7) is 7.52. The minimum atomic E-state index is -1.34. The minimum Gasteiger partial charge on any atom is -0.477 e. The fraction of sp³-hybridized carbons (Fsp3) is 0.409. The van der Waals surface area contributed by atoms with Crippen molar-refractivity contribution < 1.29 is 9.90 Å². The molecule has 1 aliphatic rings. The molecule has 0 amide bonds. The molecule has 0 aliphatic carbocycles. The van der Waals surface area contributed by atoms with Gasteiger partial charge in [-0.2, -0.15) is 5.26 Å². The minimum absolute atomic E-state index is 0.162.